The molecule has 1 amide bonds. The van der Waals surface area contributed by atoms with E-state index in [9.17, 15) is 14.7 Å². The van der Waals surface area contributed by atoms with Gasteiger partial charge in [-0.25, -0.2) is 4.79 Å². The summed E-state index contributed by atoms with van der Waals surface area (Å²) in [6.45, 7) is 4.62. The van der Waals surface area contributed by atoms with E-state index in [2.05, 4.69) is 0 Å². The molecule has 1 rings (SSSR count). The number of carboxylic acids is 1. The summed E-state index contributed by atoms with van der Waals surface area (Å²) < 4.78 is 5.11. The zero-order valence-corrected chi connectivity index (χ0v) is 10.2. The molecule has 1 aliphatic rings. The molecule has 1 aliphatic carbocycles. The molecule has 0 aromatic heterocycles. The average molecular weight is 229 g/mol. The summed E-state index contributed by atoms with van der Waals surface area (Å²) in [7, 11) is 1.46. The van der Waals surface area contributed by atoms with Crippen LogP contribution in [0.4, 0.5) is 0 Å². The van der Waals surface area contributed by atoms with E-state index in [0.29, 0.717) is 0 Å². The molecule has 0 spiro atoms. The van der Waals surface area contributed by atoms with Crippen molar-refractivity contribution in [3.05, 3.63) is 0 Å². The number of amides is 1. The van der Waals surface area contributed by atoms with Gasteiger partial charge in [-0.2, -0.15) is 0 Å². The van der Waals surface area contributed by atoms with Crippen LogP contribution in [0.15, 0.2) is 0 Å². The van der Waals surface area contributed by atoms with Crippen molar-refractivity contribution in [2.45, 2.75) is 51.3 Å². The second-order valence-corrected chi connectivity index (χ2v) is 4.45. The third-order valence-corrected chi connectivity index (χ3v) is 3.33. The molecule has 2 unspecified atom stereocenters. The van der Waals surface area contributed by atoms with Gasteiger partial charge in [0.05, 0.1) is 6.10 Å². The van der Waals surface area contributed by atoms with Crippen LogP contribution in [0.25, 0.3) is 0 Å². The van der Waals surface area contributed by atoms with E-state index in [0.717, 1.165) is 12.8 Å². The third kappa shape index (κ3) is 2.04. The Morgan fingerprint density at radius 3 is 2.25 bits per heavy atom. The van der Waals surface area contributed by atoms with Crippen LogP contribution < -0.4 is 0 Å². The predicted octanol–water partition coefficient (Wildman–Crippen LogP) is 0.875. The SMILES string of the molecule is COC(C)C(C)(C(=O)O)N(C(C)=O)C1CC1. The van der Waals surface area contributed by atoms with Gasteiger partial charge in [0, 0.05) is 20.1 Å². The smallest absolute Gasteiger partial charge is 0.332 e. The predicted molar refractivity (Wildman–Crippen MR) is 58.1 cm³/mol. The van der Waals surface area contributed by atoms with Gasteiger partial charge in [-0.3, -0.25) is 4.79 Å². The molecule has 2 atom stereocenters. The Morgan fingerprint density at radius 2 is 2.00 bits per heavy atom. The van der Waals surface area contributed by atoms with E-state index >= 15 is 0 Å². The number of methoxy groups -OCH3 is 1. The molecule has 5 nitrogen and oxygen atoms in total. The molecule has 0 aromatic rings. The Bertz CT molecular complexity index is 300. The first kappa shape index (κ1) is 13.0. The number of nitrogens with zero attached hydrogens (tertiary/aromatic N) is 1. The first-order valence-corrected chi connectivity index (χ1v) is 5.41. The lowest BCUT2D eigenvalue weighted by atomic mass is 9.92. The Morgan fingerprint density at radius 1 is 1.50 bits per heavy atom. The van der Waals surface area contributed by atoms with Gasteiger partial charge in [-0.05, 0) is 26.7 Å². The third-order valence-electron chi connectivity index (χ3n) is 3.33. The second-order valence-electron chi connectivity index (χ2n) is 4.45. The van der Waals surface area contributed by atoms with E-state index < -0.39 is 17.6 Å². The molecular formula is C11H19NO4. The summed E-state index contributed by atoms with van der Waals surface area (Å²) in [5.74, 6) is -1.24. The van der Waals surface area contributed by atoms with Gasteiger partial charge in [0.15, 0.2) is 5.54 Å². The van der Waals surface area contributed by atoms with Crippen molar-refractivity contribution in [1.82, 2.24) is 4.90 Å². The van der Waals surface area contributed by atoms with Gasteiger partial charge in [0.2, 0.25) is 5.91 Å². The summed E-state index contributed by atoms with van der Waals surface area (Å²) >= 11 is 0. The first-order chi connectivity index (χ1) is 7.35. The largest absolute Gasteiger partial charge is 0.479 e. The lowest BCUT2D eigenvalue weighted by Gasteiger charge is -2.41. The number of ether oxygens (including phenoxy) is 1. The van der Waals surface area contributed by atoms with Crippen molar-refractivity contribution < 1.29 is 19.4 Å². The number of hydrogen-bond donors (Lipinski definition) is 1. The van der Waals surface area contributed by atoms with Crippen molar-refractivity contribution in [2.24, 2.45) is 0 Å². The highest BCUT2D eigenvalue weighted by Gasteiger charge is 2.51. The Labute approximate surface area is 95.4 Å². The molecule has 92 valence electrons. The van der Waals surface area contributed by atoms with Crippen LogP contribution in [-0.4, -0.2) is 46.7 Å². The number of carbonyl (C=O) groups excluding carboxylic acids is 1. The Kier molecular flexibility index (Phi) is 3.57. The van der Waals surface area contributed by atoms with Crippen molar-refractivity contribution in [2.75, 3.05) is 7.11 Å². The molecular weight excluding hydrogens is 210 g/mol. The summed E-state index contributed by atoms with van der Waals surface area (Å²) in [5.41, 5.74) is -1.29. The van der Waals surface area contributed by atoms with Gasteiger partial charge in [-0.15, -0.1) is 0 Å². The minimum Gasteiger partial charge on any atom is -0.479 e. The highest BCUT2D eigenvalue weighted by Crippen LogP contribution is 2.35. The lowest BCUT2D eigenvalue weighted by molar-refractivity contribution is -0.167. The number of hydrogen-bond acceptors (Lipinski definition) is 3. The number of carbonyl (C=O) groups is 2. The molecule has 0 bridgehead atoms. The molecule has 0 aliphatic heterocycles. The fourth-order valence-corrected chi connectivity index (χ4v) is 2.00. The maximum absolute atomic E-state index is 11.6. The maximum Gasteiger partial charge on any atom is 0.332 e. The van der Waals surface area contributed by atoms with E-state index in [4.69, 9.17) is 4.74 Å². The van der Waals surface area contributed by atoms with Crippen molar-refractivity contribution in [3.63, 3.8) is 0 Å². The number of aliphatic carboxylic acids is 1. The average Bonchev–Trinajstić information content (AvgIpc) is 2.99. The van der Waals surface area contributed by atoms with Gasteiger partial charge in [-0.1, -0.05) is 0 Å². The fraction of sp³-hybridized carbons (Fsp3) is 0.818. The zero-order chi connectivity index (χ0) is 12.5. The normalized spacial score (nSPS) is 21.0. The molecule has 0 saturated heterocycles. The van der Waals surface area contributed by atoms with Crippen molar-refractivity contribution in [3.8, 4) is 0 Å². The Hall–Kier alpha value is -1.10. The standard InChI is InChI=1S/C11H19NO4/c1-7(16-4)11(3,10(14)15)12(8(2)13)9-5-6-9/h7,9H,5-6H2,1-4H3,(H,14,15). The van der Waals surface area contributed by atoms with Crippen molar-refractivity contribution in [1.29, 1.82) is 0 Å². The van der Waals surface area contributed by atoms with Crippen LogP contribution in [0.3, 0.4) is 0 Å². The minimum absolute atomic E-state index is 0.0520. The molecule has 1 N–H and O–H groups in total. The zero-order valence-electron chi connectivity index (χ0n) is 10.2. The van der Waals surface area contributed by atoms with Gasteiger partial charge in [0.25, 0.3) is 0 Å². The van der Waals surface area contributed by atoms with Crippen LogP contribution in [-0.2, 0) is 14.3 Å². The second kappa shape index (κ2) is 4.41. The summed E-state index contributed by atoms with van der Waals surface area (Å²) in [6, 6.07) is 0.0520. The van der Waals surface area contributed by atoms with Crippen LogP contribution >= 0.6 is 0 Å². The molecule has 0 aromatic carbocycles. The van der Waals surface area contributed by atoms with Gasteiger partial charge < -0.3 is 14.7 Å². The fourth-order valence-electron chi connectivity index (χ4n) is 2.00. The molecule has 0 heterocycles. The summed E-state index contributed by atoms with van der Waals surface area (Å²) in [4.78, 5) is 24.5. The highest BCUT2D eigenvalue weighted by molar-refractivity contribution is 5.86. The topological polar surface area (TPSA) is 66.8 Å². The monoisotopic (exact) mass is 229 g/mol. The van der Waals surface area contributed by atoms with Gasteiger partial charge in [0.1, 0.15) is 0 Å². The minimum atomic E-state index is -1.29. The maximum atomic E-state index is 11.6. The molecule has 5 heteroatoms. The highest BCUT2D eigenvalue weighted by atomic mass is 16.5. The number of rotatable bonds is 5. The molecule has 1 saturated carbocycles. The van der Waals surface area contributed by atoms with E-state index in [-0.39, 0.29) is 11.9 Å². The van der Waals surface area contributed by atoms with E-state index in [1.54, 1.807) is 13.8 Å². The van der Waals surface area contributed by atoms with Crippen LogP contribution in [0, 0.1) is 0 Å². The molecule has 1 fully saturated rings. The van der Waals surface area contributed by atoms with Crippen LogP contribution in [0.1, 0.15) is 33.6 Å². The van der Waals surface area contributed by atoms with Crippen LogP contribution in [0.2, 0.25) is 0 Å². The molecule has 16 heavy (non-hydrogen) atoms. The van der Waals surface area contributed by atoms with Gasteiger partial charge >= 0.3 is 5.97 Å². The quantitative estimate of drug-likeness (QED) is 0.759. The first-order valence-electron chi connectivity index (χ1n) is 5.41. The van der Waals surface area contributed by atoms with Crippen molar-refractivity contribution >= 4 is 11.9 Å². The van der Waals surface area contributed by atoms with Crippen LogP contribution in [0.5, 0.6) is 0 Å². The number of carboxylic acid groups (broad SMARTS) is 1. The lowest BCUT2D eigenvalue weighted by Crippen LogP contribution is -2.62. The van der Waals surface area contributed by atoms with E-state index in [1.807, 2.05) is 0 Å². The summed E-state index contributed by atoms with van der Waals surface area (Å²) in [6.07, 6.45) is 1.20. The molecule has 0 radical (unpaired) electrons. The van der Waals surface area contributed by atoms with E-state index in [1.165, 1.54) is 18.9 Å². The Balaban J connectivity index is 3.06. The summed E-state index contributed by atoms with van der Waals surface area (Å²) in [5, 5.41) is 9.36.